The van der Waals surface area contributed by atoms with E-state index >= 15 is 0 Å². The van der Waals surface area contributed by atoms with E-state index in [0.717, 1.165) is 35.4 Å². The van der Waals surface area contributed by atoms with Crippen molar-refractivity contribution in [1.29, 1.82) is 0 Å². The van der Waals surface area contributed by atoms with Crippen LogP contribution < -0.4 is 10.5 Å². The Kier molecular flexibility index (Phi) is 6.59. The van der Waals surface area contributed by atoms with Gasteiger partial charge in [-0.15, -0.1) is 0 Å². The molecule has 4 aromatic rings. The van der Waals surface area contributed by atoms with Gasteiger partial charge in [0, 0.05) is 30.8 Å². The fraction of sp³-hybridized carbons (Fsp3) is 0.269. The van der Waals surface area contributed by atoms with Crippen molar-refractivity contribution in [2.24, 2.45) is 0 Å². The highest BCUT2D eigenvalue weighted by molar-refractivity contribution is 7.19. The summed E-state index contributed by atoms with van der Waals surface area (Å²) in [6, 6.07) is 13.7. The van der Waals surface area contributed by atoms with Gasteiger partial charge in [0.1, 0.15) is 11.5 Å². The molecule has 0 bridgehead atoms. The maximum absolute atomic E-state index is 13.7. The van der Waals surface area contributed by atoms with Crippen molar-refractivity contribution in [2.45, 2.75) is 18.6 Å². The van der Waals surface area contributed by atoms with Crippen molar-refractivity contribution >= 4 is 16.5 Å². The first-order chi connectivity index (χ1) is 17.6. The van der Waals surface area contributed by atoms with Crippen molar-refractivity contribution in [1.82, 2.24) is 19.7 Å². The third kappa shape index (κ3) is 5.01. The number of rotatable bonds is 5. The van der Waals surface area contributed by atoms with Crippen LogP contribution in [0.25, 0.3) is 27.5 Å². The first kappa shape index (κ1) is 25.1. The zero-order chi connectivity index (χ0) is 26.3. The summed E-state index contributed by atoms with van der Waals surface area (Å²) in [4.78, 5) is 22.4. The van der Waals surface area contributed by atoms with E-state index in [9.17, 15) is 22.4 Å². The summed E-state index contributed by atoms with van der Waals surface area (Å²) in [6.45, 7) is 1.57. The number of para-hydroxylation sites is 1. The highest BCUT2D eigenvalue weighted by Gasteiger charge is 2.34. The van der Waals surface area contributed by atoms with E-state index in [2.05, 4.69) is 14.9 Å². The number of hydrogen-bond acceptors (Lipinski definition) is 6. The number of alkyl halides is 3. The van der Waals surface area contributed by atoms with Gasteiger partial charge in [-0.05, 0) is 63.0 Å². The second kappa shape index (κ2) is 9.71. The Morgan fingerprint density at radius 1 is 1.03 bits per heavy atom. The lowest BCUT2D eigenvalue weighted by Crippen LogP contribution is -2.31. The van der Waals surface area contributed by atoms with E-state index in [1.165, 1.54) is 53.8 Å². The molecular formula is C26H23F4N5OS. The molecule has 0 aliphatic carbocycles. The lowest BCUT2D eigenvalue weighted by Gasteiger charge is -2.19. The summed E-state index contributed by atoms with van der Waals surface area (Å²) in [5, 5.41) is 5.08. The summed E-state index contributed by atoms with van der Waals surface area (Å²) < 4.78 is 55.5. The molecule has 0 spiro atoms. The van der Waals surface area contributed by atoms with Crippen LogP contribution in [0.1, 0.15) is 12.0 Å². The average molecular weight is 530 g/mol. The molecule has 1 atom stereocenters. The topological polar surface area (TPSA) is 54.3 Å². The zero-order valence-corrected chi connectivity index (χ0v) is 20.9. The minimum atomic E-state index is -4.66. The van der Waals surface area contributed by atoms with Crippen molar-refractivity contribution in [3.05, 3.63) is 82.4 Å². The van der Waals surface area contributed by atoms with E-state index in [4.69, 9.17) is 4.98 Å². The summed E-state index contributed by atoms with van der Waals surface area (Å²) in [5.74, 6) is -0.399. The van der Waals surface area contributed by atoms with Crippen LogP contribution in [-0.4, -0.2) is 52.9 Å². The molecule has 6 nitrogen and oxygen atoms in total. The minimum Gasteiger partial charge on any atom is -0.346 e. The molecule has 11 heteroatoms. The average Bonchev–Trinajstić information content (AvgIpc) is 3.52. The van der Waals surface area contributed by atoms with Gasteiger partial charge in [0.05, 0.1) is 21.8 Å². The van der Waals surface area contributed by atoms with E-state index in [0.29, 0.717) is 27.9 Å². The Balaban J connectivity index is 1.64. The molecular weight excluding hydrogens is 506 g/mol. The number of benzene rings is 2. The lowest BCUT2D eigenvalue weighted by molar-refractivity contribution is -0.137. The summed E-state index contributed by atoms with van der Waals surface area (Å²) in [5.41, 5.74) is -0.557. The minimum absolute atomic E-state index is 0.294. The number of hydrogen-bond donors (Lipinski definition) is 0. The van der Waals surface area contributed by atoms with Gasteiger partial charge in [-0.3, -0.25) is 4.79 Å². The molecule has 3 heterocycles. The van der Waals surface area contributed by atoms with Crippen LogP contribution in [0.5, 0.6) is 0 Å². The highest BCUT2D eigenvalue weighted by Crippen LogP contribution is 2.41. The van der Waals surface area contributed by atoms with Crippen LogP contribution in [0.15, 0.2) is 65.5 Å². The molecule has 2 aromatic heterocycles. The second-order valence-electron chi connectivity index (χ2n) is 9.02. The first-order valence-electron chi connectivity index (χ1n) is 11.6. The van der Waals surface area contributed by atoms with Gasteiger partial charge in [0.25, 0.3) is 5.56 Å². The summed E-state index contributed by atoms with van der Waals surface area (Å²) in [6.07, 6.45) is -3.70. The number of likely N-dealkylation sites (N-methyl/N-ethyl adjacent to an activating group) is 1. The maximum atomic E-state index is 13.7. The lowest BCUT2D eigenvalue weighted by atomic mass is 10.1. The smallest absolute Gasteiger partial charge is 0.346 e. The van der Waals surface area contributed by atoms with Gasteiger partial charge in [-0.2, -0.15) is 23.0 Å². The van der Waals surface area contributed by atoms with Crippen molar-refractivity contribution in [3.63, 3.8) is 0 Å². The molecule has 1 aliphatic heterocycles. The molecule has 0 saturated carbocycles. The van der Waals surface area contributed by atoms with E-state index < -0.39 is 23.1 Å². The molecule has 1 aliphatic rings. The van der Waals surface area contributed by atoms with Crippen molar-refractivity contribution < 1.29 is 17.6 Å². The van der Waals surface area contributed by atoms with Crippen molar-refractivity contribution in [3.8, 4) is 27.5 Å². The molecule has 0 amide bonds. The monoisotopic (exact) mass is 529 g/mol. The Bertz CT molecular complexity index is 1480. The highest BCUT2D eigenvalue weighted by atomic mass is 32.1. The molecule has 0 N–H and O–H groups in total. The van der Waals surface area contributed by atoms with Crippen LogP contribution in [0.4, 0.5) is 22.7 Å². The van der Waals surface area contributed by atoms with Gasteiger partial charge in [-0.1, -0.05) is 23.5 Å². The van der Waals surface area contributed by atoms with E-state index in [1.807, 2.05) is 14.1 Å². The Morgan fingerprint density at radius 3 is 2.43 bits per heavy atom. The third-order valence-electron chi connectivity index (χ3n) is 6.37. The summed E-state index contributed by atoms with van der Waals surface area (Å²) in [7, 11) is 4.05. The Hall–Kier alpha value is -3.57. The molecule has 1 fully saturated rings. The van der Waals surface area contributed by atoms with Crippen molar-refractivity contribution in [2.75, 3.05) is 32.1 Å². The maximum Gasteiger partial charge on any atom is 0.418 e. The Labute approximate surface area is 214 Å². The molecule has 0 radical (unpaired) electrons. The zero-order valence-electron chi connectivity index (χ0n) is 20.0. The predicted octanol–water partition coefficient (Wildman–Crippen LogP) is 5.32. The number of aromatic nitrogens is 3. The van der Waals surface area contributed by atoms with Gasteiger partial charge < -0.3 is 9.80 Å². The third-order valence-corrected chi connectivity index (χ3v) is 7.51. The molecule has 1 unspecified atom stereocenters. The first-order valence-corrected chi connectivity index (χ1v) is 12.4. The molecule has 37 heavy (non-hydrogen) atoms. The summed E-state index contributed by atoms with van der Waals surface area (Å²) >= 11 is 1.34. The van der Waals surface area contributed by atoms with E-state index in [-0.39, 0.29) is 5.69 Å². The molecule has 2 aromatic carbocycles. The predicted molar refractivity (Wildman–Crippen MR) is 136 cm³/mol. The largest absolute Gasteiger partial charge is 0.418 e. The standard InChI is InChI=1S/C26H23F4N5OS/c1-33(2)18-13-14-34(15-18)25-31-23(16-7-9-17(27)10-8-16)24(37-25)20-11-12-22(36)35(32-20)21-6-4-3-5-19(21)26(28,29)30/h3-12,18H,13-15H2,1-2H3. The van der Waals surface area contributed by atoms with Crippen LogP contribution in [-0.2, 0) is 6.18 Å². The number of thiazole rings is 1. The fourth-order valence-electron chi connectivity index (χ4n) is 4.36. The van der Waals surface area contributed by atoms with Gasteiger partial charge >= 0.3 is 6.18 Å². The molecule has 1 saturated heterocycles. The Morgan fingerprint density at radius 2 is 1.76 bits per heavy atom. The number of nitrogens with zero attached hydrogens (tertiary/aromatic N) is 5. The van der Waals surface area contributed by atoms with Crippen LogP contribution in [0.2, 0.25) is 0 Å². The van der Waals surface area contributed by atoms with Crippen LogP contribution in [0.3, 0.4) is 0 Å². The van der Waals surface area contributed by atoms with Gasteiger partial charge in [-0.25, -0.2) is 9.37 Å². The SMILES string of the molecule is CN(C)C1CCN(c2nc(-c3ccc(F)cc3)c(-c3ccc(=O)n(-c4ccccc4C(F)(F)F)n3)s2)C1. The van der Waals surface area contributed by atoms with Gasteiger partial charge in [0.15, 0.2) is 5.13 Å². The quantitative estimate of drug-likeness (QED) is 0.328. The fourth-order valence-corrected chi connectivity index (χ4v) is 5.45. The molecule has 5 rings (SSSR count). The van der Waals surface area contributed by atoms with Crippen LogP contribution >= 0.6 is 11.3 Å². The second-order valence-corrected chi connectivity index (χ2v) is 9.99. The van der Waals surface area contributed by atoms with E-state index in [1.54, 1.807) is 12.1 Å². The number of halogens is 4. The van der Waals surface area contributed by atoms with Crippen LogP contribution in [0, 0.1) is 5.82 Å². The normalized spacial score (nSPS) is 16.1. The van der Waals surface area contributed by atoms with Gasteiger partial charge in [0.2, 0.25) is 0 Å². The number of anilines is 1. The molecule has 192 valence electrons.